The Morgan fingerprint density at radius 2 is 2.05 bits per heavy atom. The van der Waals surface area contributed by atoms with Crippen molar-refractivity contribution in [3.05, 3.63) is 28.2 Å². The molecule has 1 N–H and O–H groups in total. The quantitative estimate of drug-likeness (QED) is 0.886. The second kappa shape index (κ2) is 6.34. The van der Waals surface area contributed by atoms with E-state index < -0.39 is 0 Å². The summed E-state index contributed by atoms with van der Waals surface area (Å²) in [5.74, 6) is 0.846. The van der Waals surface area contributed by atoms with Crippen molar-refractivity contribution in [1.82, 2.24) is 15.1 Å². The molecule has 2 heterocycles. The minimum absolute atomic E-state index is 0.102. The van der Waals surface area contributed by atoms with Crippen LogP contribution in [0.1, 0.15) is 10.4 Å². The van der Waals surface area contributed by atoms with Gasteiger partial charge < -0.3 is 15.0 Å². The summed E-state index contributed by atoms with van der Waals surface area (Å²) < 4.78 is 6.01. The number of hydrogen-bond donors (Lipinski definition) is 1. The molecule has 114 valence electrons. The number of methoxy groups -OCH3 is 1. The summed E-state index contributed by atoms with van der Waals surface area (Å²) in [4.78, 5) is 16.8. The fraction of sp³-hybridized carbons (Fsp3) is 0.533. The summed E-state index contributed by atoms with van der Waals surface area (Å²) >= 11 is 3.43. The maximum Gasteiger partial charge on any atom is 0.254 e. The number of likely N-dealkylation sites (tertiary alicyclic amines) is 1. The zero-order valence-electron chi connectivity index (χ0n) is 12.1. The van der Waals surface area contributed by atoms with Gasteiger partial charge in [-0.1, -0.05) is 0 Å². The highest BCUT2D eigenvalue weighted by molar-refractivity contribution is 9.10. The molecule has 6 heteroatoms. The summed E-state index contributed by atoms with van der Waals surface area (Å²) in [7, 11) is 1.62. The zero-order valence-corrected chi connectivity index (χ0v) is 13.7. The van der Waals surface area contributed by atoms with Crippen LogP contribution in [0.5, 0.6) is 5.75 Å². The average Bonchev–Trinajstić information content (AvgIpc) is 2.46. The Labute approximate surface area is 133 Å². The van der Waals surface area contributed by atoms with Crippen molar-refractivity contribution in [2.45, 2.75) is 6.04 Å². The standard InChI is InChI=1S/C15H20BrN3O2/c1-21-14-3-2-11(8-13(14)16)15(20)19-9-12(10-19)18-6-4-17-5-7-18/h2-3,8,12,17H,4-7,9-10H2,1H3. The van der Waals surface area contributed by atoms with E-state index in [4.69, 9.17) is 4.74 Å². The van der Waals surface area contributed by atoms with E-state index in [0.29, 0.717) is 11.6 Å². The van der Waals surface area contributed by atoms with Gasteiger partial charge in [0.1, 0.15) is 5.75 Å². The Morgan fingerprint density at radius 1 is 1.33 bits per heavy atom. The van der Waals surface area contributed by atoms with Gasteiger partial charge in [-0.05, 0) is 34.1 Å². The van der Waals surface area contributed by atoms with Gasteiger partial charge in [0.2, 0.25) is 0 Å². The first-order valence-corrected chi connectivity index (χ1v) is 8.06. The van der Waals surface area contributed by atoms with Crippen LogP contribution in [0.3, 0.4) is 0 Å². The molecule has 3 rings (SSSR count). The van der Waals surface area contributed by atoms with E-state index in [1.165, 1.54) is 0 Å². The molecule has 0 bridgehead atoms. The van der Waals surface area contributed by atoms with Crippen molar-refractivity contribution in [1.29, 1.82) is 0 Å². The SMILES string of the molecule is COc1ccc(C(=O)N2CC(N3CCNCC3)C2)cc1Br. The molecule has 1 amide bonds. The second-order valence-electron chi connectivity index (χ2n) is 5.50. The largest absolute Gasteiger partial charge is 0.496 e. The first-order valence-electron chi connectivity index (χ1n) is 7.26. The molecule has 0 atom stereocenters. The van der Waals surface area contributed by atoms with Crippen LogP contribution in [0, 0.1) is 0 Å². The maximum atomic E-state index is 12.4. The highest BCUT2D eigenvalue weighted by Crippen LogP contribution is 2.27. The molecule has 0 radical (unpaired) electrons. The number of halogens is 1. The third-order valence-corrected chi connectivity index (χ3v) is 4.84. The van der Waals surface area contributed by atoms with E-state index in [-0.39, 0.29) is 5.91 Å². The van der Waals surface area contributed by atoms with Crippen molar-refractivity contribution in [2.24, 2.45) is 0 Å². The van der Waals surface area contributed by atoms with Crippen LogP contribution in [0.2, 0.25) is 0 Å². The third-order valence-electron chi connectivity index (χ3n) is 4.22. The van der Waals surface area contributed by atoms with Gasteiger partial charge in [-0.2, -0.15) is 0 Å². The monoisotopic (exact) mass is 353 g/mol. The van der Waals surface area contributed by atoms with Crippen molar-refractivity contribution in [3.63, 3.8) is 0 Å². The molecule has 21 heavy (non-hydrogen) atoms. The number of carbonyl (C=O) groups excluding carboxylic acids is 1. The van der Waals surface area contributed by atoms with Crippen LogP contribution in [-0.2, 0) is 0 Å². The van der Waals surface area contributed by atoms with Crippen LogP contribution >= 0.6 is 15.9 Å². The molecule has 2 fully saturated rings. The molecule has 2 saturated heterocycles. The summed E-state index contributed by atoms with van der Waals surface area (Å²) in [6.45, 7) is 5.94. The van der Waals surface area contributed by atoms with Crippen molar-refractivity contribution < 1.29 is 9.53 Å². The number of amides is 1. The minimum Gasteiger partial charge on any atom is -0.496 e. The molecule has 0 aliphatic carbocycles. The lowest BCUT2D eigenvalue weighted by Gasteiger charge is -2.46. The molecule has 2 aliphatic heterocycles. The first-order chi connectivity index (χ1) is 10.2. The van der Waals surface area contributed by atoms with E-state index in [1.807, 2.05) is 23.1 Å². The lowest BCUT2D eigenvalue weighted by Crippen LogP contribution is -2.63. The molecular weight excluding hydrogens is 334 g/mol. The lowest BCUT2D eigenvalue weighted by molar-refractivity contribution is 0.0227. The number of nitrogens with one attached hydrogen (secondary N) is 1. The van der Waals surface area contributed by atoms with Gasteiger partial charge >= 0.3 is 0 Å². The Bertz CT molecular complexity index is 526. The van der Waals surface area contributed by atoms with E-state index in [2.05, 4.69) is 26.1 Å². The van der Waals surface area contributed by atoms with Crippen LogP contribution in [0.15, 0.2) is 22.7 Å². The Hall–Kier alpha value is -1.11. The predicted molar refractivity (Wildman–Crippen MR) is 84.8 cm³/mol. The number of carbonyl (C=O) groups is 1. The third kappa shape index (κ3) is 3.07. The number of hydrogen-bond acceptors (Lipinski definition) is 4. The van der Waals surface area contributed by atoms with E-state index in [9.17, 15) is 4.79 Å². The average molecular weight is 354 g/mol. The fourth-order valence-electron chi connectivity index (χ4n) is 2.88. The van der Waals surface area contributed by atoms with Crippen LogP contribution in [-0.4, -0.2) is 68.1 Å². The van der Waals surface area contributed by atoms with Gasteiger partial charge in [0.05, 0.1) is 11.6 Å². The lowest BCUT2D eigenvalue weighted by atomic mass is 10.0. The van der Waals surface area contributed by atoms with Gasteiger partial charge in [-0.25, -0.2) is 0 Å². The normalized spacial score (nSPS) is 20.2. The summed E-state index contributed by atoms with van der Waals surface area (Å²) in [5, 5.41) is 3.36. The van der Waals surface area contributed by atoms with Crippen molar-refractivity contribution in [2.75, 3.05) is 46.4 Å². The molecule has 1 aromatic rings. The van der Waals surface area contributed by atoms with Gasteiger partial charge in [0.25, 0.3) is 5.91 Å². The molecule has 1 aromatic carbocycles. The molecule has 0 aromatic heterocycles. The topological polar surface area (TPSA) is 44.8 Å². The molecule has 0 unspecified atom stereocenters. The minimum atomic E-state index is 0.102. The van der Waals surface area contributed by atoms with E-state index in [0.717, 1.165) is 49.5 Å². The summed E-state index contributed by atoms with van der Waals surface area (Å²) in [6.07, 6.45) is 0. The van der Waals surface area contributed by atoms with Gasteiger partial charge in [-0.3, -0.25) is 9.69 Å². The smallest absolute Gasteiger partial charge is 0.254 e. The first kappa shape index (κ1) is 14.8. The second-order valence-corrected chi connectivity index (χ2v) is 6.35. The highest BCUT2D eigenvalue weighted by atomic mass is 79.9. The van der Waals surface area contributed by atoms with Crippen molar-refractivity contribution >= 4 is 21.8 Å². The Kier molecular flexibility index (Phi) is 4.47. The molecule has 2 aliphatic rings. The van der Waals surface area contributed by atoms with Gasteiger partial charge in [0.15, 0.2) is 0 Å². The van der Waals surface area contributed by atoms with Crippen LogP contribution in [0.25, 0.3) is 0 Å². The number of benzene rings is 1. The molecular formula is C15H20BrN3O2. The highest BCUT2D eigenvalue weighted by Gasteiger charge is 2.35. The fourth-order valence-corrected chi connectivity index (χ4v) is 3.42. The number of piperazine rings is 1. The molecule has 0 spiro atoms. The zero-order chi connectivity index (χ0) is 14.8. The van der Waals surface area contributed by atoms with Crippen molar-refractivity contribution in [3.8, 4) is 5.75 Å². The Morgan fingerprint density at radius 3 is 2.67 bits per heavy atom. The van der Waals surface area contributed by atoms with E-state index >= 15 is 0 Å². The van der Waals surface area contributed by atoms with E-state index in [1.54, 1.807) is 7.11 Å². The van der Waals surface area contributed by atoms with Gasteiger partial charge in [-0.15, -0.1) is 0 Å². The van der Waals surface area contributed by atoms with Gasteiger partial charge in [0, 0.05) is 50.9 Å². The maximum absolute atomic E-state index is 12.4. The Balaban J connectivity index is 1.58. The number of ether oxygens (including phenoxy) is 1. The molecule has 0 saturated carbocycles. The molecule has 5 nitrogen and oxygen atoms in total. The van der Waals surface area contributed by atoms with Crippen LogP contribution < -0.4 is 10.1 Å². The summed E-state index contributed by atoms with van der Waals surface area (Å²) in [6, 6.07) is 6.01. The number of nitrogens with zero attached hydrogens (tertiary/aromatic N) is 2. The number of rotatable bonds is 3. The predicted octanol–water partition coefficient (Wildman–Crippen LogP) is 1.19. The van der Waals surface area contributed by atoms with Crippen LogP contribution in [0.4, 0.5) is 0 Å². The summed E-state index contributed by atoms with van der Waals surface area (Å²) in [5.41, 5.74) is 0.710.